The van der Waals surface area contributed by atoms with Crippen molar-refractivity contribution in [3.8, 4) is 0 Å². The van der Waals surface area contributed by atoms with Gasteiger partial charge in [0.2, 0.25) is 0 Å². The van der Waals surface area contributed by atoms with Gasteiger partial charge in [-0.1, -0.05) is 6.92 Å². The van der Waals surface area contributed by atoms with Crippen LogP contribution in [0.3, 0.4) is 0 Å². The summed E-state index contributed by atoms with van der Waals surface area (Å²) in [5.41, 5.74) is 2.27. The highest BCUT2D eigenvalue weighted by Crippen LogP contribution is 2.44. The molecule has 0 saturated carbocycles. The van der Waals surface area contributed by atoms with Gasteiger partial charge in [-0.2, -0.15) is 0 Å². The maximum Gasteiger partial charge on any atom is 0.143 e. The van der Waals surface area contributed by atoms with Crippen LogP contribution in [0.4, 0.5) is 11.4 Å². The van der Waals surface area contributed by atoms with Crippen LogP contribution in [0.5, 0.6) is 0 Å². The van der Waals surface area contributed by atoms with Gasteiger partial charge in [-0.05, 0) is 55.0 Å². The first kappa shape index (κ1) is 23.5. The van der Waals surface area contributed by atoms with E-state index in [2.05, 4.69) is 65.3 Å². The number of anilines is 2. The lowest BCUT2D eigenvalue weighted by Crippen LogP contribution is -2.32. The molecular formula is C27H35N2O5P. The van der Waals surface area contributed by atoms with Crippen molar-refractivity contribution < 1.29 is 23.5 Å². The number of epoxide rings is 4. The third-order valence-corrected chi connectivity index (χ3v) is 10.4. The summed E-state index contributed by atoms with van der Waals surface area (Å²) >= 11 is 0. The smallest absolute Gasteiger partial charge is 0.143 e. The first-order valence-corrected chi connectivity index (χ1v) is 14.8. The van der Waals surface area contributed by atoms with Crippen molar-refractivity contribution in [3.05, 3.63) is 48.5 Å². The van der Waals surface area contributed by atoms with E-state index in [1.165, 1.54) is 0 Å². The molecule has 0 aromatic heterocycles. The van der Waals surface area contributed by atoms with Gasteiger partial charge in [0, 0.05) is 54.3 Å². The van der Waals surface area contributed by atoms with Crippen LogP contribution in [-0.2, 0) is 23.5 Å². The molecule has 6 rings (SSSR count). The van der Waals surface area contributed by atoms with E-state index in [1.54, 1.807) is 0 Å². The molecule has 0 amide bonds. The Labute approximate surface area is 207 Å². The maximum absolute atomic E-state index is 14.4. The minimum Gasteiger partial charge on any atom is -0.371 e. The van der Waals surface area contributed by atoms with Gasteiger partial charge in [0.1, 0.15) is 7.14 Å². The van der Waals surface area contributed by atoms with E-state index in [-0.39, 0.29) is 0 Å². The summed E-state index contributed by atoms with van der Waals surface area (Å²) in [6, 6.07) is 16.7. The van der Waals surface area contributed by atoms with Gasteiger partial charge in [-0.3, -0.25) is 0 Å². The van der Waals surface area contributed by atoms with Gasteiger partial charge in [0.25, 0.3) is 0 Å². The standard InChI is InChI=1S/C27H35N2O5P/c1-2-11-35(30,26-7-3-20(4-8-26)28(12-22-16-31-22)13-23-17-32-23)27-9-5-21(6-10-27)29(14-24-18-33-24)15-25-19-34-25/h3-10,22-25H,2,11-19H2,1H3. The molecule has 4 saturated heterocycles. The molecule has 4 aliphatic heterocycles. The van der Waals surface area contributed by atoms with E-state index < -0.39 is 7.14 Å². The van der Waals surface area contributed by atoms with Crippen LogP contribution in [0.2, 0.25) is 0 Å². The summed E-state index contributed by atoms with van der Waals surface area (Å²) in [7, 11) is -2.72. The highest BCUT2D eigenvalue weighted by Gasteiger charge is 2.33. The number of benzene rings is 2. The average molecular weight is 499 g/mol. The van der Waals surface area contributed by atoms with E-state index in [9.17, 15) is 4.57 Å². The molecule has 2 aromatic carbocycles. The fraction of sp³-hybridized carbons (Fsp3) is 0.556. The van der Waals surface area contributed by atoms with Crippen molar-refractivity contribution in [1.29, 1.82) is 0 Å². The summed E-state index contributed by atoms with van der Waals surface area (Å²) in [6.07, 6.45) is 2.80. The topological polar surface area (TPSA) is 73.7 Å². The minimum atomic E-state index is -2.72. The van der Waals surface area contributed by atoms with Gasteiger partial charge in [0.15, 0.2) is 0 Å². The van der Waals surface area contributed by atoms with Crippen molar-refractivity contribution in [2.45, 2.75) is 37.8 Å². The number of ether oxygens (including phenoxy) is 4. The molecule has 8 heteroatoms. The Morgan fingerprint density at radius 1 is 0.657 bits per heavy atom. The number of nitrogens with zero attached hydrogens (tertiary/aromatic N) is 2. The van der Waals surface area contributed by atoms with Gasteiger partial charge in [0.05, 0.1) is 50.8 Å². The maximum atomic E-state index is 14.4. The summed E-state index contributed by atoms with van der Waals surface area (Å²) in [5, 5.41) is 1.85. The van der Waals surface area contributed by atoms with Crippen LogP contribution >= 0.6 is 7.14 Å². The molecule has 0 radical (unpaired) electrons. The van der Waals surface area contributed by atoms with E-state index in [0.717, 1.165) is 81.0 Å². The lowest BCUT2D eigenvalue weighted by atomic mass is 10.2. The Bertz CT molecular complexity index is 939. The van der Waals surface area contributed by atoms with Gasteiger partial charge < -0.3 is 33.3 Å². The van der Waals surface area contributed by atoms with E-state index in [1.807, 2.05) is 0 Å². The molecule has 4 unspecified atom stereocenters. The molecule has 0 N–H and O–H groups in total. The second-order valence-corrected chi connectivity index (χ2v) is 13.1. The summed E-state index contributed by atoms with van der Waals surface area (Å²) in [4.78, 5) is 4.67. The number of rotatable bonds is 14. The Balaban J connectivity index is 1.21. The first-order chi connectivity index (χ1) is 17.1. The molecular weight excluding hydrogens is 463 g/mol. The Morgan fingerprint density at radius 2 is 0.971 bits per heavy atom. The predicted octanol–water partition coefficient (Wildman–Crippen LogP) is 2.62. The van der Waals surface area contributed by atoms with E-state index in [4.69, 9.17) is 18.9 Å². The van der Waals surface area contributed by atoms with Gasteiger partial charge in [-0.25, -0.2) is 0 Å². The molecule has 4 atom stereocenters. The molecule has 4 heterocycles. The van der Waals surface area contributed by atoms with Gasteiger partial charge in [-0.15, -0.1) is 0 Å². The Kier molecular flexibility index (Phi) is 6.63. The van der Waals surface area contributed by atoms with Crippen molar-refractivity contribution >= 4 is 29.1 Å². The van der Waals surface area contributed by atoms with Crippen LogP contribution in [0.1, 0.15) is 13.3 Å². The highest BCUT2D eigenvalue weighted by molar-refractivity contribution is 7.78. The van der Waals surface area contributed by atoms with Crippen molar-refractivity contribution in [2.24, 2.45) is 0 Å². The molecule has 2 aromatic rings. The number of hydrogen-bond acceptors (Lipinski definition) is 7. The predicted molar refractivity (Wildman–Crippen MR) is 138 cm³/mol. The van der Waals surface area contributed by atoms with E-state index in [0.29, 0.717) is 30.6 Å². The Hall–Kier alpha value is -1.89. The summed E-state index contributed by atoms with van der Waals surface area (Å²) < 4.78 is 36.3. The molecule has 0 spiro atoms. The van der Waals surface area contributed by atoms with Gasteiger partial charge >= 0.3 is 0 Å². The fourth-order valence-electron chi connectivity index (χ4n) is 4.78. The van der Waals surface area contributed by atoms with Crippen molar-refractivity contribution in [3.63, 3.8) is 0 Å². The average Bonchev–Trinajstić information content (AvgIpc) is 3.71. The normalized spacial score (nSPS) is 27.7. The zero-order valence-corrected chi connectivity index (χ0v) is 21.3. The van der Waals surface area contributed by atoms with Crippen LogP contribution in [0.25, 0.3) is 0 Å². The van der Waals surface area contributed by atoms with Crippen LogP contribution in [0.15, 0.2) is 48.5 Å². The summed E-state index contributed by atoms with van der Waals surface area (Å²) in [5.74, 6) is 0. The zero-order chi connectivity index (χ0) is 23.8. The highest BCUT2D eigenvalue weighted by atomic mass is 31.2. The molecule has 4 aliphatic rings. The molecule has 4 fully saturated rings. The molecule has 0 bridgehead atoms. The first-order valence-electron chi connectivity index (χ1n) is 12.9. The molecule has 7 nitrogen and oxygen atoms in total. The van der Waals surface area contributed by atoms with Crippen LogP contribution in [-0.4, -0.2) is 83.2 Å². The lowest BCUT2D eigenvalue weighted by molar-refractivity contribution is 0.388. The SMILES string of the molecule is CCCP(=O)(c1ccc(N(CC2CO2)CC2CO2)cc1)c1ccc(N(CC2CO2)CC2CO2)cc1. The second kappa shape index (κ2) is 9.87. The van der Waals surface area contributed by atoms with Crippen molar-refractivity contribution in [1.82, 2.24) is 0 Å². The molecule has 0 aliphatic carbocycles. The fourth-order valence-corrected chi connectivity index (χ4v) is 7.48. The second-order valence-electron chi connectivity index (χ2n) is 10.1. The summed E-state index contributed by atoms with van der Waals surface area (Å²) in [6.45, 7) is 8.95. The zero-order valence-electron chi connectivity index (χ0n) is 20.4. The molecule has 35 heavy (non-hydrogen) atoms. The monoisotopic (exact) mass is 498 g/mol. The third kappa shape index (κ3) is 5.92. The number of hydrogen-bond donors (Lipinski definition) is 0. The lowest BCUT2D eigenvalue weighted by Gasteiger charge is -2.26. The van der Waals surface area contributed by atoms with Crippen LogP contribution < -0.4 is 20.4 Å². The molecule has 188 valence electrons. The largest absolute Gasteiger partial charge is 0.371 e. The Morgan fingerprint density at radius 3 is 1.23 bits per heavy atom. The van der Waals surface area contributed by atoms with Crippen molar-refractivity contribution in [2.75, 3.05) is 68.6 Å². The quantitative estimate of drug-likeness (QED) is 0.293. The third-order valence-electron chi connectivity index (χ3n) is 7.11. The van der Waals surface area contributed by atoms with Crippen LogP contribution in [0, 0.1) is 0 Å². The van der Waals surface area contributed by atoms with E-state index >= 15 is 0 Å². The minimum absolute atomic E-state index is 0.315.